The third-order valence-corrected chi connectivity index (χ3v) is 2.95. The summed E-state index contributed by atoms with van der Waals surface area (Å²) in [6.45, 7) is 2.53. The zero-order valence-electron chi connectivity index (χ0n) is 8.58. The van der Waals surface area contributed by atoms with E-state index < -0.39 is 0 Å². The van der Waals surface area contributed by atoms with Crippen LogP contribution in [0.1, 0.15) is 29.3 Å². The minimum absolute atomic E-state index is 0.0574. The molecule has 0 aromatic heterocycles. The van der Waals surface area contributed by atoms with Gasteiger partial charge in [-0.25, -0.2) is 0 Å². The summed E-state index contributed by atoms with van der Waals surface area (Å²) in [5, 5.41) is 0. The summed E-state index contributed by atoms with van der Waals surface area (Å²) in [5.74, 6) is 1.63. The number of Topliss-reactive ketones (excluding diaryl/α,β-unsaturated/α-hetero) is 1. The van der Waals surface area contributed by atoms with Gasteiger partial charge in [0.05, 0.1) is 12.2 Å². The number of fused-ring (bicyclic) bond motifs is 2. The largest absolute Gasteiger partial charge is 0.493 e. The Morgan fingerprint density at radius 3 is 3.07 bits per heavy atom. The van der Waals surface area contributed by atoms with Crippen LogP contribution < -0.4 is 9.47 Å². The Morgan fingerprint density at radius 1 is 1.33 bits per heavy atom. The number of carbonyl (C=O) groups is 1. The van der Waals surface area contributed by atoms with Crippen molar-refractivity contribution in [3.05, 3.63) is 23.3 Å². The van der Waals surface area contributed by atoms with Crippen molar-refractivity contribution in [1.29, 1.82) is 0 Å². The molecule has 3 rings (SSSR count). The second-order valence-electron chi connectivity index (χ2n) is 4.03. The molecule has 15 heavy (non-hydrogen) atoms. The predicted octanol–water partition coefficient (Wildman–Crippen LogP) is 1.98. The first kappa shape index (κ1) is 8.77. The first-order chi connectivity index (χ1) is 7.25. The summed E-state index contributed by atoms with van der Waals surface area (Å²) in [4.78, 5) is 11.7. The van der Waals surface area contributed by atoms with E-state index in [9.17, 15) is 4.79 Å². The molecule has 0 aliphatic carbocycles. The predicted molar refractivity (Wildman–Crippen MR) is 54.7 cm³/mol. The molecule has 0 bridgehead atoms. The number of rotatable bonds is 0. The van der Waals surface area contributed by atoms with Crippen LogP contribution in [0.15, 0.2) is 12.1 Å². The summed E-state index contributed by atoms with van der Waals surface area (Å²) in [7, 11) is 0. The minimum atomic E-state index is -0.344. The molecule has 0 amide bonds. The molecule has 0 fully saturated rings. The molecule has 0 N–H and O–H groups in total. The molecule has 2 aliphatic heterocycles. The van der Waals surface area contributed by atoms with Crippen molar-refractivity contribution in [1.82, 2.24) is 0 Å². The second kappa shape index (κ2) is 2.99. The number of benzene rings is 1. The van der Waals surface area contributed by atoms with Crippen molar-refractivity contribution in [2.45, 2.75) is 25.9 Å². The van der Waals surface area contributed by atoms with Crippen molar-refractivity contribution in [3.63, 3.8) is 0 Å². The van der Waals surface area contributed by atoms with Gasteiger partial charge < -0.3 is 9.47 Å². The van der Waals surface area contributed by atoms with Crippen molar-refractivity contribution in [2.24, 2.45) is 0 Å². The molecule has 3 heteroatoms. The zero-order valence-corrected chi connectivity index (χ0v) is 8.58. The normalized spacial score (nSPS) is 22.7. The zero-order chi connectivity index (χ0) is 10.4. The summed E-state index contributed by atoms with van der Waals surface area (Å²) in [6, 6.07) is 3.78. The Labute approximate surface area is 88.0 Å². The molecule has 78 valence electrons. The van der Waals surface area contributed by atoms with E-state index in [1.54, 1.807) is 6.92 Å². The van der Waals surface area contributed by atoms with Crippen LogP contribution >= 0.6 is 0 Å². The van der Waals surface area contributed by atoms with Gasteiger partial charge in [0.1, 0.15) is 11.5 Å². The molecule has 0 radical (unpaired) electrons. The highest BCUT2D eigenvalue weighted by atomic mass is 16.5. The lowest BCUT2D eigenvalue weighted by Gasteiger charge is -2.17. The van der Waals surface area contributed by atoms with E-state index in [1.165, 1.54) is 0 Å². The number of aryl methyl sites for hydroxylation is 1. The van der Waals surface area contributed by atoms with Gasteiger partial charge in [0, 0.05) is 0 Å². The van der Waals surface area contributed by atoms with Crippen LogP contribution in [-0.2, 0) is 6.42 Å². The smallest absolute Gasteiger partial charge is 0.206 e. The van der Waals surface area contributed by atoms with Crippen LogP contribution in [-0.4, -0.2) is 18.5 Å². The summed E-state index contributed by atoms with van der Waals surface area (Å²) >= 11 is 0. The monoisotopic (exact) mass is 204 g/mol. The van der Waals surface area contributed by atoms with E-state index in [4.69, 9.17) is 9.47 Å². The Hall–Kier alpha value is -1.51. The van der Waals surface area contributed by atoms with E-state index in [0.717, 1.165) is 36.5 Å². The van der Waals surface area contributed by atoms with E-state index in [1.807, 2.05) is 12.1 Å². The third-order valence-electron chi connectivity index (χ3n) is 2.95. The fraction of sp³-hybridized carbons (Fsp3) is 0.417. The number of carbonyl (C=O) groups excluding carboxylic acids is 1. The van der Waals surface area contributed by atoms with Crippen LogP contribution in [0, 0.1) is 0 Å². The average molecular weight is 204 g/mol. The molecular formula is C12H12O3. The van der Waals surface area contributed by atoms with Crippen LogP contribution in [0.4, 0.5) is 0 Å². The van der Waals surface area contributed by atoms with Gasteiger partial charge in [-0.15, -0.1) is 0 Å². The highest BCUT2D eigenvalue weighted by Crippen LogP contribution is 2.36. The van der Waals surface area contributed by atoms with Gasteiger partial charge in [0.15, 0.2) is 6.10 Å². The topological polar surface area (TPSA) is 35.5 Å². The Balaban J connectivity index is 2.12. The van der Waals surface area contributed by atoms with Crippen LogP contribution in [0.5, 0.6) is 11.5 Å². The van der Waals surface area contributed by atoms with Gasteiger partial charge >= 0.3 is 0 Å². The van der Waals surface area contributed by atoms with Crippen molar-refractivity contribution >= 4 is 5.78 Å². The van der Waals surface area contributed by atoms with Gasteiger partial charge in [0.25, 0.3) is 0 Å². The molecule has 2 aliphatic rings. The molecule has 0 saturated heterocycles. The molecule has 1 aromatic carbocycles. The van der Waals surface area contributed by atoms with Crippen LogP contribution in [0.2, 0.25) is 0 Å². The Bertz CT molecular complexity index is 437. The number of hydrogen-bond acceptors (Lipinski definition) is 3. The Morgan fingerprint density at radius 2 is 2.20 bits per heavy atom. The summed E-state index contributed by atoms with van der Waals surface area (Å²) in [5.41, 5.74) is 1.82. The molecule has 1 unspecified atom stereocenters. The van der Waals surface area contributed by atoms with Gasteiger partial charge in [0.2, 0.25) is 5.78 Å². The molecule has 0 spiro atoms. The van der Waals surface area contributed by atoms with E-state index in [2.05, 4.69) is 0 Å². The first-order valence-electron chi connectivity index (χ1n) is 5.26. The van der Waals surface area contributed by atoms with Crippen molar-refractivity contribution in [3.8, 4) is 11.5 Å². The standard InChI is InChI=1S/C12H12O3/c1-7-12(13)9-6-10-8(3-2-4-14-10)5-11(9)15-7/h5-7H,2-4H2,1H3. The minimum Gasteiger partial charge on any atom is -0.493 e. The number of ketones is 1. The highest BCUT2D eigenvalue weighted by Gasteiger charge is 2.30. The van der Waals surface area contributed by atoms with Gasteiger partial charge in [-0.3, -0.25) is 4.79 Å². The third kappa shape index (κ3) is 1.23. The van der Waals surface area contributed by atoms with Gasteiger partial charge in [-0.1, -0.05) is 0 Å². The fourth-order valence-corrected chi connectivity index (χ4v) is 2.13. The maximum Gasteiger partial charge on any atom is 0.206 e. The SMILES string of the molecule is CC1Oc2cc3c(cc2C1=O)OCCC3. The molecule has 2 heterocycles. The van der Waals surface area contributed by atoms with Gasteiger partial charge in [-0.2, -0.15) is 0 Å². The lowest BCUT2D eigenvalue weighted by Crippen LogP contribution is -2.14. The van der Waals surface area contributed by atoms with Gasteiger partial charge in [-0.05, 0) is 37.5 Å². The van der Waals surface area contributed by atoms with E-state index in [0.29, 0.717) is 5.56 Å². The maximum absolute atomic E-state index is 11.7. The fourth-order valence-electron chi connectivity index (χ4n) is 2.13. The molecule has 1 atom stereocenters. The summed E-state index contributed by atoms with van der Waals surface area (Å²) in [6.07, 6.45) is 1.70. The van der Waals surface area contributed by atoms with E-state index >= 15 is 0 Å². The molecule has 3 nitrogen and oxygen atoms in total. The van der Waals surface area contributed by atoms with Crippen molar-refractivity contribution in [2.75, 3.05) is 6.61 Å². The second-order valence-corrected chi connectivity index (χ2v) is 4.03. The highest BCUT2D eigenvalue weighted by molar-refractivity contribution is 6.04. The quantitative estimate of drug-likeness (QED) is 0.648. The maximum atomic E-state index is 11.7. The first-order valence-corrected chi connectivity index (χ1v) is 5.26. The lowest BCUT2D eigenvalue weighted by molar-refractivity contribution is 0.0878. The van der Waals surface area contributed by atoms with E-state index in [-0.39, 0.29) is 11.9 Å². The summed E-state index contributed by atoms with van der Waals surface area (Å²) < 4.78 is 11.0. The number of ether oxygens (including phenoxy) is 2. The van der Waals surface area contributed by atoms with Crippen LogP contribution in [0.25, 0.3) is 0 Å². The number of hydrogen-bond donors (Lipinski definition) is 0. The molecule has 0 saturated carbocycles. The van der Waals surface area contributed by atoms with Crippen LogP contribution in [0.3, 0.4) is 0 Å². The Kier molecular flexibility index (Phi) is 1.75. The molecule has 1 aromatic rings. The molecular weight excluding hydrogens is 192 g/mol. The average Bonchev–Trinajstić information content (AvgIpc) is 2.52. The van der Waals surface area contributed by atoms with Crippen molar-refractivity contribution < 1.29 is 14.3 Å². The lowest BCUT2D eigenvalue weighted by atomic mass is 10.0.